The van der Waals surface area contributed by atoms with Gasteiger partial charge in [0.2, 0.25) is 5.91 Å². The van der Waals surface area contributed by atoms with Crippen molar-refractivity contribution >= 4 is 17.5 Å². The van der Waals surface area contributed by atoms with E-state index in [0.29, 0.717) is 23.6 Å². The first-order valence-corrected chi connectivity index (χ1v) is 8.11. The van der Waals surface area contributed by atoms with Gasteiger partial charge in [0.05, 0.1) is 0 Å². The number of fused-ring (bicyclic) bond motifs is 3. The van der Waals surface area contributed by atoms with Gasteiger partial charge in [-0.1, -0.05) is 38.1 Å². The molecule has 2 aliphatic carbocycles. The van der Waals surface area contributed by atoms with Crippen LogP contribution in [0.2, 0.25) is 0 Å². The molecule has 1 aromatic rings. The summed E-state index contributed by atoms with van der Waals surface area (Å²) in [5, 5.41) is 3.14. The van der Waals surface area contributed by atoms with Crippen LogP contribution in [0.15, 0.2) is 24.3 Å². The highest BCUT2D eigenvalue weighted by atomic mass is 35.5. The average molecular weight is 292 g/mol. The number of amides is 1. The van der Waals surface area contributed by atoms with Crippen molar-refractivity contribution in [2.75, 3.05) is 5.88 Å². The normalized spacial score (nSPS) is 28.5. The van der Waals surface area contributed by atoms with Crippen LogP contribution < -0.4 is 5.32 Å². The molecule has 2 nitrogen and oxygen atoms in total. The monoisotopic (exact) mass is 291 g/mol. The molecule has 1 N–H and O–H groups in total. The second-order valence-electron chi connectivity index (χ2n) is 6.47. The quantitative estimate of drug-likeness (QED) is 0.847. The number of hydrogen-bond donors (Lipinski definition) is 1. The minimum Gasteiger partial charge on any atom is -0.352 e. The highest BCUT2D eigenvalue weighted by molar-refractivity contribution is 6.18. The third-order valence-electron chi connectivity index (χ3n) is 4.93. The Balaban J connectivity index is 1.71. The highest BCUT2D eigenvalue weighted by Gasteiger charge is 2.57. The van der Waals surface area contributed by atoms with Crippen LogP contribution in [0.3, 0.4) is 0 Å². The number of carbonyl (C=O) groups is 1. The Hall–Kier alpha value is -1.02. The fourth-order valence-corrected chi connectivity index (χ4v) is 4.02. The van der Waals surface area contributed by atoms with Crippen molar-refractivity contribution in [3.63, 3.8) is 0 Å². The van der Waals surface area contributed by atoms with Crippen LogP contribution in [0.5, 0.6) is 0 Å². The Kier molecular flexibility index (Phi) is 3.76. The SMILES string of the molecule is CC(C)C(CCl)NC(=O)C1C2CCc3ccccc3C21. The summed E-state index contributed by atoms with van der Waals surface area (Å²) < 4.78 is 0. The Morgan fingerprint density at radius 1 is 1.40 bits per heavy atom. The number of rotatable bonds is 4. The molecule has 3 heteroatoms. The zero-order chi connectivity index (χ0) is 14.3. The molecule has 3 rings (SSSR count). The lowest BCUT2D eigenvalue weighted by Crippen LogP contribution is -2.41. The molecule has 20 heavy (non-hydrogen) atoms. The number of benzene rings is 1. The number of nitrogens with one attached hydrogen (secondary N) is 1. The third-order valence-corrected chi connectivity index (χ3v) is 5.26. The molecular weight excluding hydrogens is 270 g/mol. The Morgan fingerprint density at radius 3 is 2.85 bits per heavy atom. The first-order chi connectivity index (χ1) is 9.63. The van der Waals surface area contributed by atoms with E-state index in [1.807, 2.05) is 0 Å². The molecule has 0 radical (unpaired) electrons. The van der Waals surface area contributed by atoms with Crippen molar-refractivity contribution in [1.82, 2.24) is 5.32 Å². The molecule has 4 unspecified atom stereocenters. The molecule has 0 heterocycles. The van der Waals surface area contributed by atoms with Crippen molar-refractivity contribution in [2.45, 2.75) is 38.6 Å². The van der Waals surface area contributed by atoms with Gasteiger partial charge >= 0.3 is 0 Å². The fourth-order valence-electron chi connectivity index (χ4n) is 3.59. The van der Waals surface area contributed by atoms with Crippen LogP contribution >= 0.6 is 11.6 Å². The van der Waals surface area contributed by atoms with Gasteiger partial charge in [-0.3, -0.25) is 4.79 Å². The van der Waals surface area contributed by atoms with Gasteiger partial charge in [-0.25, -0.2) is 0 Å². The van der Waals surface area contributed by atoms with E-state index in [0.717, 1.165) is 12.8 Å². The summed E-state index contributed by atoms with van der Waals surface area (Å²) in [6.45, 7) is 4.20. The number of halogens is 1. The number of alkyl halides is 1. The Morgan fingerprint density at radius 2 is 2.15 bits per heavy atom. The minimum atomic E-state index is 0.0852. The summed E-state index contributed by atoms with van der Waals surface area (Å²) in [5.74, 6) is 2.24. The van der Waals surface area contributed by atoms with E-state index in [4.69, 9.17) is 11.6 Å². The van der Waals surface area contributed by atoms with Gasteiger partial charge in [-0.2, -0.15) is 0 Å². The first-order valence-electron chi connectivity index (χ1n) is 7.57. The molecule has 0 aromatic heterocycles. The summed E-state index contributed by atoms with van der Waals surface area (Å²) in [6, 6.07) is 8.67. The molecule has 1 amide bonds. The predicted molar refractivity (Wildman–Crippen MR) is 82.0 cm³/mol. The smallest absolute Gasteiger partial charge is 0.224 e. The van der Waals surface area contributed by atoms with Gasteiger partial charge in [-0.05, 0) is 41.7 Å². The van der Waals surface area contributed by atoms with Crippen LogP contribution in [0, 0.1) is 17.8 Å². The molecule has 4 atom stereocenters. The third kappa shape index (κ3) is 2.35. The molecule has 0 aliphatic heterocycles. The molecule has 0 saturated heterocycles. The van der Waals surface area contributed by atoms with Gasteiger partial charge in [0.25, 0.3) is 0 Å². The van der Waals surface area contributed by atoms with Crippen molar-refractivity contribution in [2.24, 2.45) is 17.8 Å². The zero-order valence-corrected chi connectivity index (χ0v) is 12.9. The standard InChI is InChI=1S/C17H22ClNO/c1-10(2)14(9-18)19-17(20)16-13-8-7-11-5-3-4-6-12(11)15(13)16/h3-6,10,13-16H,7-9H2,1-2H3,(H,19,20). The van der Waals surface area contributed by atoms with Crippen LogP contribution in [0.4, 0.5) is 0 Å². The molecule has 0 bridgehead atoms. The van der Waals surface area contributed by atoms with Crippen molar-refractivity contribution in [3.8, 4) is 0 Å². The zero-order valence-electron chi connectivity index (χ0n) is 12.1. The maximum absolute atomic E-state index is 12.5. The molecule has 1 saturated carbocycles. The second kappa shape index (κ2) is 5.40. The maximum atomic E-state index is 12.5. The van der Waals surface area contributed by atoms with Crippen LogP contribution in [-0.2, 0) is 11.2 Å². The van der Waals surface area contributed by atoms with Crippen LogP contribution in [0.25, 0.3) is 0 Å². The van der Waals surface area contributed by atoms with Gasteiger partial charge in [-0.15, -0.1) is 11.6 Å². The lowest BCUT2D eigenvalue weighted by molar-refractivity contribution is -0.123. The summed E-state index contributed by atoms with van der Waals surface area (Å²) in [4.78, 5) is 12.5. The van der Waals surface area contributed by atoms with E-state index in [9.17, 15) is 4.79 Å². The van der Waals surface area contributed by atoms with Crippen molar-refractivity contribution < 1.29 is 4.79 Å². The molecule has 2 aliphatic rings. The van der Waals surface area contributed by atoms with E-state index in [1.165, 1.54) is 11.1 Å². The van der Waals surface area contributed by atoms with E-state index in [-0.39, 0.29) is 17.9 Å². The molecule has 108 valence electrons. The van der Waals surface area contributed by atoms with Crippen molar-refractivity contribution in [3.05, 3.63) is 35.4 Å². The number of hydrogen-bond acceptors (Lipinski definition) is 1. The largest absolute Gasteiger partial charge is 0.352 e. The Labute approximate surface area is 125 Å². The summed E-state index contributed by atoms with van der Waals surface area (Å²) in [7, 11) is 0. The number of aryl methyl sites for hydroxylation is 1. The van der Waals surface area contributed by atoms with Crippen LogP contribution in [0.1, 0.15) is 37.3 Å². The fraction of sp³-hybridized carbons (Fsp3) is 0.588. The van der Waals surface area contributed by atoms with E-state index >= 15 is 0 Å². The summed E-state index contributed by atoms with van der Waals surface area (Å²) in [5.41, 5.74) is 2.83. The molecular formula is C17H22ClNO. The first kappa shape index (κ1) is 13.9. The van der Waals surface area contributed by atoms with Gasteiger partial charge in [0.15, 0.2) is 0 Å². The average Bonchev–Trinajstić information content (AvgIpc) is 3.19. The summed E-state index contributed by atoms with van der Waals surface area (Å²) in [6.07, 6.45) is 2.26. The Bertz CT molecular complexity index is 513. The second-order valence-corrected chi connectivity index (χ2v) is 6.77. The van der Waals surface area contributed by atoms with Gasteiger partial charge in [0.1, 0.15) is 0 Å². The lowest BCUT2D eigenvalue weighted by Gasteiger charge is -2.19. The molecule has 1 aromatic carbocycles. The topological polar surface area (TPSA) is 29.1 Å². The minimum absolute atomic E-state index is 0.0852. The van der Waals surface area contributed by atoms with E-state index in [1.54, 1.807) is 0 Å². The van der Waals surface area contributed by atoms with Gasteiger partial charge < -0.3 is 5.32 Å². The number of carbonyl (C=O) groups excluding carboxylic acids is 1. The summed E-state index contributed by atoms with van der Waals surface area (Å²) >= 11 is 5.95. The van der Waals surface area contributed by atoms with E-state index < -0.39 is 0 Å². The van der Waals surface area contributed by atoms with Crippen molar-refractivity contribution in [1.29, 1.82) is 0 Å². The van der Waals surface area contributed by atoms with E-state index in [2.05, 4.69) is 43.4 Å². The maximum Gasteiger partial charge on any atom is 0.224 e. The highest BCUT2D eigenvalue weighted by Crippen LogP contribution is 2.59. The molecule has 0 spiro atoms. The van der Waals surface area contributed by atoms with Gasteiger partial charge in [0, 0.05) is 17.8 Å². The predicted octanol–water partition coefficient (Wildman–Crippen LogP) is 3.34. The lowest BCUT2D eigenvalue weighted by atomic mass is 9.92. The molecule has 1 fully saturated rings. The van der Waals surface area contributed by atoms with Crippen LogP contribution in [-0.4, -0.2) is 17.8 Å².